The van der Waals surface area contributed by atoms with Gasteiger partial charge in [-0.2, -0.15) is 0 Å². The van der Waals surface area contributed by atoms with Gasteiger partial charge in [-0.3, -0.25) is 0 Å². The van der Waals surface area contributed by atoms with E-state index in [1.807, 2.05) is 0 Å². The predicted octanol–water partition coefficient (Wildman–Crippen LogP) is -0.0679. The molecule has 0 aliphatic carbocycles. The average Bonchev–Trinajstić information content (AvgIpc) is 2.63. The van der Waals surface area contributed by atoms with Gasteiger partial charge in [-0.1, -0.05) is 6.92 Å². The fourth-order valence-electron chi connectivity index (χ4n) is 1.46. The van der Waals surface area contributed by atoms with E-state index in [0.29, 0.717) is 18.9 Å². The van der Waals surface area contributed by atoms with Crippen LogP contribution in [0.15, 0.2) is 0 Å². The van der Waals surface area contributed by atoms with E-state index in [1.165, 1.54) is 0 Å². The third-order valence-corrected chi connectivity index (χ3v) is 4.59. The quantitative estimate of drug-likeness (QED) is 0.664. The molecule has 0 bridgehead atoms. The molecule has 0 aromatic heterocycles. The third kappa shape index (κ3) is 4.55. The lowest BCUT2D eigenvalue weighted by Crippen LogP contribution is -2.44. The van der Waals surface area contributed by atoms with Gasteiger partial charge in [0.2, 0.25) is 10.0 Å². The number of alkyl halides is 1. The molecule has 0 radical (unpaired) electrons. The summed E-state index contributed by atoms with van der Waals surface area (Å²) in [5, 5.41) is 9.87. The lowest BCUT2D eigenvalue weighted by molar-refractivity contribution is 0.0314. The summed E-state index contributed by atoms with van der Waals surface area (Å²) in [4.78, 5) is 0. The van der Waals surface area contributed by atoms with Crippen molar-refractivity contribution >= 4 is 21.6 Å². The van der Waals surface area contributed by atoms with Crippen LogP contribution in [-0.4, -0.2) is 50.5 Å². The van der Waals surface area contributed by atoms with E-state index >= 15 is 0 Å². The Labute approximate surface area is 101 Å². The summed E-state index contributed by atoms with van der Waals surface area (Å²) in [6, 6.07) is 0. The first kappa shape index (κ1) is 14.2. The number of sulfonamides is 1. The van der Waals surface area contributed by atoms with Gasteiger partial charge >= 0.3 is 0 Å². The average molecular weight is 272 g/mol. The molecule has 0 amide bonds. The van der Waals surface area contributed by atoms with E-state index in [4.69, 9.17) is 16.3 Å². The fourth-order valence-corrected chi connectivity index (χ4v) is 3.17. The van der Waals surface area contributed by atoms with Crippen LogP contribution in [0, 0.1) is 5.92 Å². The van der Waals surface area contributed by atoms with Crippen LogP contribution in [0.3, 0.4) is 0 Å². The Balaban J connectivity index is 2.41. The molecule has 16 heavy (non-hydrogen) atoms. The van der Waals surface area contributed by atoms with E-state index < -0.39 is 15.6 Å². The first-order valence-electron chi connectivity index (χ1n) is 5.20. The Morgan fingerprint density at radius 2 is 2.31 bits per heavy atom. The zero-order chi connectivity index (χ0) is 12.2. The van der Waals surface area contributed by atoms with Crippen LogP contribution in [0.4, 0.5) is 0 Å². The molecule has 0 saturated carbocycles. The molecular weight excluding hydrogens is 254 g/mol. The Bertz CT molecular complexity index is 313. The minimum absolute atomic E-state index is 0.00430. The van der Waals surface area contributed by atoms with Crippen LogP contribution in [0.5, 0.6) is 0 Å². The van der Waals surface area contributed by atoms with Gasteiger partial charge in [-0.15, -0.1) is 11.6 Å². The van der Waals surface area contributed by atoms with E-state index in [2.05, 4.69) is 4.72 Å². The molecule has 1 heterocycles. The largest absolute Gasteiger partial charge is 0.386 e. The minimum Gasteiger partial charge on any atom is -0.386 e. The molecule has 2 unspecified atom stereocenters. The van der Waals surface area contributed by atoms with Crippen molar-refractivity contribution in [1.82, 2.24) is 4.72 Å². The molecule has 96 valence electrons. The van der Waals surface area contributed by atoms with Crippen molar-refractivity contribution in [1.29, 1.82) is 0 Å². The predicted molar refractivity (Wildman–Crippen MR) is 62.1 cm³/mol. The number of hydrogen-bond donors (Lipinski definition) is 2. The number of ether oxygens (including phenoxy) is 1. The Morgan fingerprint density at radius 3 is 2.81 bits per heavy atom. The van der Waals surface area contributed by atoms with Gasteiger partial charge in [0.1, 0.15) is 5.60 Å². The van der Waals surface area contributed by atoms with Crippen LogP contribution in [-0.2, 0) is 14.8 Å². The van der Waals surface area contributed by atoms with Crippen molar-refractivity contribution in [2.45, 2.75) is 18.9 Å². The Morgan fingerprint density at radius 1 is 1.62 bits per heavy atom. The molecule has 1 aliphatic heterocycles. The molecule has 0 aromatic carbocycles. The van der Waals surface area contributed by atoms with E-state index in [0.717, 1.165) is 0 Å². The lowest BCUT2D eigenvalue weighted by Gasteiger charge is -2.21. The zero-order valence-corrected chi connectivity index (χ0v) is 10.9. The van der Waals surface area contributed by atoms with Gasteiger partial charge in [0.15, 0.2) is 0 Å². The molecule has 1 rings (SSSR count). The summed E-state index contributed by atoms with van der Waals surface area (Å²) < 4.78 is 30.6. The van der Waals surface area contributed by atoms with Crippen LogP contribution in [0.1, 0.15) is 13.3 Å². The second kappa shape index (κ2) is 5.64. The standard InChI is InChI=1S/C9H18ClNO4S/c1-8(4-10)5-16(13,14)11-6-9(12)2-3-15-7-9/h8,11-12H,2-7H2,1H3. The van der Waals surface area contributed by atoms with E-state index in [-0.39, 0.29) is 24.8 Å². The smallest absolute Gasteiger partial charge is 0.211 e. The fraction of sp³-hybridized carbons (Fsp3) is 1.00. The van der Waals surface area contributed by atoms with Crippen LogP contribution >= 0.6 is 11.6 Å². The first-order valence-corrected chi connectivity index (χ1v) is 7.39. The van der Waals surface area contributed by atoms with Gasteiger partial charge in [0.25, 0.3) is 0 Å². The van der Waals surface area contributed by atoms with Crippen molar-refractivity contribution in [2.24, 2.45) is 5.92 Å². The summed E-state index contributed by atoms with van der Waals surface area (Å²) in [6.45, 7) is 2.42. The molecule has 0 aromatic rings. The molecule has 0 spiro atoms. The number of aliphatic hydroxyl groups is 1. The first-order chi connectivity index (χ1) is 7.37. The highest BCUT2D eigenvalue weighted by atomic mass is 35.5. The highest BCUT2D eigenvalue weighted by Gasteiger charge is 2.33. The number of rotatable bonds is 6. The maximum Gasteiger partial charge on any atom is 0.211 e. The lowest BCUT2D eigenvalue weighted by atomic mass is 10.1. The maximum atomic E-state index is 11.6. The maximum absolute atomic E-state index is 11.6. The van der Waals surface area contributed by atoms with Crippen molar-refractivity contribution in [3.05, 3.63) is 0 Å². The van der Waals surface area contributed by atoms with Crippen molar-refractivity contribution < 1.29 is 18.3 Å². The Kier molecular flexibility index (Phi) is 5.00. The molecule has 5 nitrogen and oxygen atoms in total. The second-order valence-corrected chi connectivity index (χ2v) is 6.55. The number of halogens is 1. The molecule has 7 heteroatoms. The van der Waals surface area contributed by atoms with Crippen molar-refractivity contribution in [3.8, 4) is 0 Å². The number of nitrogens with one attached hydrogen (secondary N) is 1. The third-order valence-electron chi connectivity index (χ3n) is 2.47. The highest BCUT2D eigenvalue weighted by molar-refractivity contribution is 7.89. The summed E-state index contributed by atoms with van der Waals surface area (Å²) in [6.07, 6.45) is 0.459. The SMILES string of the molecule is CC(CCl)CS(=O)(=O)NCC1(O)CCOC1. The molecule has 2 N–H and O–H groups in total. The molecular formula is C9H18ClNO4S. The second-order valence-electron chi connectivity index (χ2n) is 4.39. The Hall–Kier alpha value is 0.120. The normalized spacial score (nSPS) is 28.2. The van der Waals surface area contributed by atoms with Gasteiger partial charge in [-0.25, -0.2) is 13.1 Å². The molecule has 1 saturated heterocycles. The van der Waals surface area contributed by atoms with Gasteiger partial charge in [0.05, 0.1) is 12.4 Å². The molecule has 1 fully saturated rings. The van der Waals surface area contributed by atoms with Crippen molar-refractivity contribution in [2.75, 3.05) is 31.4 Å². The molecule has 1 aliphatic rings. The minimum atomic E-state index is -3.37. The summed E-state index contributed by atoms with van der Waals surface area (Å²) >= 11 is 5.55. The van der Waals surface area contributed by atoms with E-state index in [9.17, 15) is 13.5 Å². The molecule has 2 atom stereocenters. The summed E-state index contributed by atoms with van der Waals surface area (Å²) in [5.41, 5.74) is -1.06. The highest BCUT2D eigenvalue weighted by Crippen LogP contribution is 2.17. The topological polar surface area (TPSA) is 75.6 Å². The van der Waals surface area contributed by atoms with Crippen LogP contribution < -0.4 is 4.72 Å². The zero-order valence-electron chi connectivity index (χ0n) is 9.28. The van der Waals surface area contributed by atoms with Crippen LogP contribution in [0.25, 0.3) is 0 Å². The van der Waals surface area contributed by atoms with Gasteiger partial charge < -0.3 is 9.84 Å². The van der Waals surface area contributed by atoms with Crippen molar-refractivity contribution in [3.63, 3.8) is 0 Å². The van der Waals surface area contributed by atoms with Gasteiger partial charge in [-0.05, 0) is 5.92 Å². The van der Waals surface area contributed by atoms with Crippen LogP contribution in [0.2, 0.25) is 0 Å². The summed E-state index contributed by atoms with van der Waals surface area (Å²) in [7, 11) is -3.37. The monoisotopic (exact) mass is 271 g/mol. The number of hydrogen-bond acceptors (Lipinski definition) is 4. The van der Waals surface area contributed by atoms with Gasteiger partial charge in [0, 0.05) is 25.5 Å². The summed E-state index contributed by atoms with van der Waals surface area (Å²) in [5.74, 6) is 0.176. The van der Waals surface area contributed by atoms with E-state index in [1.54, 1.807) is 6.92 Å².